The second-order valence-corrected chi connectivity index (χ2v) is 7.30. The number of hydrogen-bond acceptors (Lipinski definition) is 5. The van der Waals surface area contributed by atoms with Gasteiger partial charge < -0.3 is 5.32 Å². The second kappa shape index (κ2) is 9.19. The van der Waals surface area contributed by atoms with E-state index in [1.807, 2.05) is 29.7 Å². The average molecular weight is 468 g/mol. The van der Waals surface area contributed by atoms with E-state index in [1.165, 1.54) is 11.1 Å². The average Bonchev–Trinajstić information content (AvgIpc) is 2.66. The van der Waals surface area contributed by atoms with Crippen LogP contribution in [0.1, 0.15) is 39.8 Å². The highest BCUT2D eigenvalue weighted by Gasteiger charge is 2.14. The highest BCUT2D eigenvalue weighted by Crippen LogP contribution is 2.29. The summed E-state index contributed by atoms with van der Waals surface area (Å²) in [4.78, 5) is 21.0. The van der Waals surface area contributed by atoms with Crippen LogP contribution in [0.2, 0.25) is 0 Å². The molecule has 25 heavy (non-hydrogen) atoms. The zero-order chi connectivity index (χ0) is 18.4. The molecule has 132 valence electrons. The van der Waals surface area contributed by atoms with Gasteiger partial charge in [0.1, 0.15) is 11.5 Å². The van der Waals surface area contributed by atoms with E-state index in [4.69, 9.17) is 0 Å². The summed E-state index contributed by atoms with van der Waals surface area (Å²) in [5.74, 6) is 0.767. The molecule has 2 aromatic heterocycles. The van der Waals surface area contributed by atoms with E-state index >= 15 is 0 Å². The third-order valence-electron chi connectivity index (χ3n) is 3.85. The number of carbonyl (C=O) groups excluding carboxylic acids is 1. The summed E-state index contributed by atoms with van der Waals surface area (Å²) in [6.45, 7) is 5.93. The Morgan fingerprint density at radius 3 is 2.84 bits per heavy atom. The Hall–Kier alpha value is -1.61. The summed E-state index contributed by atoms with van der Waals surface area (Å²) in [6.07, 6.45) is 5.08. The first kappa shape index (κ1) is 19.7. The third kappa shape index (κ3) is 4.72. The largest absolute Gasteiger partial charge is 0.354 e. The number of nitrogens with one attached hydrogen (secondary N) is 1. The van der Waals surface area contributed by atoms with Gasteiger partial charge in [-0.3, -0.25) is 9.10 Å². The molecule has 0 spiro atoms. The molecule has 1 N–H and O–H groups in total. The maximum absolute atomic E-state index is 12.0. The Labute approximate surface area is 165 Å². The SMILES string of the molecule is C=Cc1cc(Cc2ccnc(N(C)SI)c2CC)nc(C(=O)NC)c1. The molecule has 0 atom stereocenters. The summed E-state index contributed by atoms with van der Waals surface area (Å²) in [5.41, 5.74) is 4.49. The van der Waals surface area contributed by atoms with Crippen LogP contribution in [0.15, 0.2) is 31.0 Å². The number of anilines is 1. The van der Waals surface area contributed by atoms with Crippen LogP contribution in [-0.4, -0.2) is 30.0 Å². The Bertz CT molecular complexity index is 782. The van der Waals surface area contributed by atoms with E-state index in [0.717, 1.165) is 23.5 Å². The molecule has 5 nitrogen and oxygen atoms in total. The lowest BCUT2D eigenvalue weighted by Gasteiger charge is -2.19. The van der Waals surface area contributed by atoms with Crippen LogP contribution < -0.4 is 9.62 Å². The summed E-state index contributed by atoms with van der Waals surface area (Å²) < 4.78 is 2.05. The van der Waals surface area contributed by atoms with Crippen LogP contribution in [0, 0.1) is 0 Å². The van der Waals surface area contributed by atoms with Crippen molar-refractivity contribution in [1.82, 2.24) is 15.3 Å². The van der Waals surface area contributed by atoms with Gasteiger partial charge in [0, 0.05) is 62.7 Å². The third-order valence-corrected chi connectivity index (χ3v) is 6.01. The van der Waals surface area contributed by atoms with E-state index in [0.29, 0.717) is 12.1 Å². The molecule has 0 aliphatic carbocycles. The van der Waals surface area contributed by atoms with Gasteiger partial charge >= 0.3 is 0 Å². The van der Waals surface area contributed by atoms with E-state index in [1.54, 1.807) is 28.3 Å². The maximum atomic E-state index is 12.0. The van der Waals surface area contributed by atoms with Crippen LogP contribution >= 0.6 is 30.3 Å². The van der Waals surface area contributed by atoms with E-state index < -0.39 is 0 Å². The number of aromatic nitrogens is 2. The molecule has 0 aliphatic heterocycles. The van der Waals surface area contributed by atoms with Gasteiger partial charge in [0.2, 0.25) is 0 Å². The zero-order valence-corrected chi connectivity index (χ0v) is 17.5. The molecule has 0 radical (unpaired) electrons. The quantitative estimate of drug-likeness (QED) is 0.491. The van der Waals surface area contributed by atoms with Gasteiger partial charge in [-0.1, -0.05) is 19.6 Å². The molecular formula is C18H21IN4OS. The molecule has 0 fully saturated rings. The number of hydrogen-bond donors (Lipinski definition) is 1. The molecular weight excluding hydrogens is 447 g/mol. The normalized spacial score (nSPS) is 10.4. The fourth-order valence-corrected chi connectivity index (χ4v) is 3.42. The first-order valence-electron chi connectivity index (χ1n) is 7.88. The molecule has 1 amide bonds. The van der Waals surface area contributed by atoms with Crippen molar-refractivity contribution >= 4 is 48.1 Å². The van der Waals surface area contributed by atoms with Crippen molar-refractivity contribution in [3.8, 4) is 0 Å². The molecule has 0 saturated heterocycles. The molecule has 7 heteroatoms. The standard InChI is InChI=1S/C18H21IN4OS/c1-5-12-9-14(22-16(10-12)18(24)20-3)11-13-7-8-21-17(15(13)6-2)23(4)25-19/h5,7-10H,1,6,11H2,2-4H3,(H,20,24). The number of amides is 1. The highest BCUT2D eigenvalue weighted by atomic mass is 127. The summed E-state index contributed by atoms with van der Waals surface area (Å²) in [7, 11) is 5.20. The van der Waals surface area contributed by atoms with E-state index in [9.17, 15) is 4.79 Å². The minimum Gasteiger partial charge on any atom is -0.354 e. The van der Waals surface area contributed by atoms with Crippen molar-refractivity contribution in [2.24, 2.45) is 0 Å². The second-order valence-electron chi connectivity index (χ2n) is 5.43. The van der Waals surface area contributed by atoms with Crippen LogP contribution in [0.5, 0.6) is 0 Å². The molecule has 0 unspecified atom stereocenters. The summed E-state index contributed by atoms with van der Waals surface area (Å²) in [5, 5.41) is 2.62. The van der Waals surface area contributed by atoms with Gasteiger partial charge in [-0.25, -0.2) is 9.97 Å². The van der Waals surface area contributed by atoms with Gasteiger partial charge in [0.25, 0.3) is 5.91 Å². The van der Waals surface area contributed by atoms with Gasteiger partial charge in [0.15, 0.2) is 0 Å². The van der Waals surface area contributed by atoms with E-state index in [2.05, 4.69) is 50.0 Å². The topological polar surface area (TPSA) is 58.1 Å². The first-order chi connectivity index (χ1) is 12.0. The summed E-state index contributed by atoms with van der Waals surface area (Å²) in [6, 6.07) is 5.74. The van der Waals surface area contributed by atoms with Gasteiger partial charge in [-0.15, -0.1) is 0 Å². The first-order valence-corrected chi connectivity index (χ1v) is 11.2. The number of rotatable bonds is 7. The maximum Gasteiger partial charge on any atom is 0.269 e. The van der Waals surface area contributed by atoms with Crippen LogP contribution in [-0.2, 0) is 12.8 Å². The molecule has 0 saturated carbocycles. The van der Waals surface area contributed by atoms with Crippen LogP contribution in [0.4, 0.5) is 5.82 Å². The van der Waals surface area contributed by atoms with E-state index in [-0.39, 0.29) is 5.91 Å². The molecule has 2 heterocycles. The lowest BCUT2D eigenvalue weighted by Crippen LogP contribution is -2.20. The monoisotopic (exact) mass is 468 g/mol. The lowest BCUT2D eigenvalue weighted by molar-refractivity contribution is 0.0958. The fraction of sp³-hybridized carbons (Fsp3) is 0.278. The number of nitrogens with zero attached hydrogens (tertiary/aromatic N) is 3. The minimum absolute atomic E-state index is 0.197. The number of halogens is 1. The molecule has 0 aliphatic rings. The van der Waals surface area contributed by atoms with Crippen molar-refractivity contribution < 1.29 is 4.79 Å². The Morgan fingerprint density at radius 2 is 2.24 bits per heavy atom. The lowest BCUT2D eigenvalue weighted by atomic mass is 10.0. The van der Waals surface area contributed by atoms with Crippen molar-refractivity contribution in [3.05, 3.63) is 59.1 Å². The smallest absolute Gasteiger partial charge is 0.269 e. The molecule has 2 aromatic rings. The molecule has 0 bridgehead atoms. The number of pyridine rings is 2. The van der Waals surface area contributed by atoms with Gasteiger partial charge in [-0.2, -0.15) is 0 Å². The van der Waals surface area contributed by atoms with Gasteiger partial charge in [-0.05, 0) is 41.3 Å². The van der Waals surface area contributed by atoms with Crippen molar-refractivity contribution in [3.63, 3.8) is 0 Å². The Kier molecular flexibility index (Phi) is 7.24. The van der Waals surface area contributed by atoms with Crippen molar-refractivity contribution in [2.75, 3.05) is 18.4 Å². The zero-order valence-electron chi connectivity index (χ0n) is 14.5. The molecule has 2 rings (SSSR count). The predicted molar refractivity (Wildman–Crippen MR) is 114 cm³/mol. The van der Waals surface area contributed by atoms with Crippen molar-refractivity contribution in [1.29, 1.82) is 0 Å². The van der Waals surface area contributed by atoms with Crippen LogP contribution in [0.25, 0.3) is 6.08 Å². The summed E-state index contributed by atoms with van der Waals surface area (Å²) >= 11 is 2.25. The molecule has 0 aromatic carbocycles. The Balaban J connectivity index is 2.46. The van der Waals surface area contributed by atoms with Crippen LogP contribution in [0.3, 0.4) is 0 Å². The highest BCUT2D eigenvalue weighted by molar-refractivity contribution is 14.2. The number of carbonyl (C=O) groups is 1. The fourth-order valence-electron chi connectivity index (χ4n) is 2.63. The van der Waals surface area contributed by atoms with Gasteiger partial charge in [0.05, 0.1) is 0 Å². The van der Waals surface area contributed by atoms with Crippen molar-refractivity contribution in [2.45, 2.75) is 19.8 Å². The minimum atomic E-state index is -0.197. The predicted octanol–water partition coefficient (Wildman–Crippen LogP) is 4.07. The Morgan fingerprint density at radius 1 is 1.48 bits per heavy atom.